The van der Waals surface area contributed by atoms with Gasteiger partial charge in [-0.25, -0.2) is 0 Å². The molecule has 2 fully saturated rings. The fourth-order valence-electron chi connectivity index (χ4n) is 2.47. The van der Waals surface area contributed by atoms with Gasteiger partial charge in [0.15, 0.2) is 0 Å². The first kappa shape index (κ1) is 13.3. The lowest BCUT2D eigenvalue weighted by Gasteiger charge is -2.23. The van der Waals surface area contributed by atoms with Crippen molar-refractivity contribution in [1.29, 1.82) is 0 Å². The van der Waals surface area contributed by atoms with Gasteiger partial charge in [0.2, 0.25) is 11.8 Å². The molecule has 6 nitrogen and oxygen atoms in total. The van der Waals surface area contributed by atoms with Crippen LogP contribution < -0.4 is 5.32 Å². The molecule has 2 heterocycles. The number of methoxy groups -OCH3 is 1. The summed E-state index contributed by atoms with van der Waals surface area (Å²) in [5.74, 6) is 0.0420. The number of carbonyl (C=O) groups excluding carboxylic acids is 2. The Morgan fingerprint density at radius 1 is 1.44 bits per heavy atom. The summed E-state index contributed by atoms with van der Waals surface area (Å²) in [5.41, 5.74) is 0. The molecule has 0 radical (unpaired) electrons. The van der Waals surface area contributed by atoms with Gasteiger partial charge in [0, 0.05) is 33.8 Å². The summed E-state index contributed by atoms with van der Waals surface area (Å²) in [5, 5.41) is 3.16. The lowest BCUT2D eigenvalue weighted by atomic mass is 10.1. The van der Waals surface area contributed by atoms with Crippen molar-refractivity contribution in [3.05, 3.63) is 0 Å². The van der Waals surface area contributed by atoms with E-state index in [1.54, 1.807) is 24.0 Å². The number of amides is 2. The number of carbonyl (C=O) groups is 2. The third-order valence-corrected chi connectivity index (χ3v) is 3.71. The second-order valence-electron chi connectivity index (χ2n) is 4.98. The third kappa shape index (κ3) is 2.81. The van der Waals surface area contributed by atoms with Gasteiger partial charge in [-0.2, -0.15) is 0 Å². The van der Waals surface area contributed by atoms with Crippen LogP contribution in [0.5, 0.6) is 0 Å². The van der Waals surface area contributed by atoms with E-state index in [4.69, 9.17) is 4.74 Å². The van der Waals surface area contributed by atoms with Gasteiger partial charge in [0.05, 0.1) is 18.7 Å². The fraction of sp³-hybridized carbons (Fsp3) is 0.833. The molecular weight excluding hydrogens is 234 g/mol. The zero-order chi connectivity index (χ0) is 13.1. The summed E-state index contributed by atoms with van der Waals surface area (Å²) in [4.78, 5) is 27.4. The van der Waals surface area contributed by atoms with Crippen molar-refractivity contribution in [2.45, 2.75) is 25.0 Å². The molecule has 2 saturated heterocycles. The van der Waals surface area contributed by atoms with Crippen molar-refractivity contribution in [1.82, 2.24) is 15.1 Å². The van der Waals surface area contributed by atoms with Crippen molar-refractivity contribution in [2.24, 2.45) is 0 Å². The number of nitrogens with one attached hydrogen (secondary N) is 1. The zero-order valence-electron chi connectivity index (χ0n) is 11.0. The first-order chi connectivity index (χ1) is 8.61. The van der Waals surface area contributed by atoms with Crippen molar-refractivity contribution in [3.8, 4) is 0 Å². The second-order valence-corrected chi connectivity index (χ2v) is 4.98. The number of ether oxygens (including phenoxy) is 1. The Balaban J connectivity index is 1.94. The maximum absolute atomic E-state index is 12.3. The predicted octanol–water partition coefficient (Wildman–Crippen LogP) is -0.946. The van der Waals surface area contributed by atoms with Crippen LogP contribution in [0.1, 0.15) is 12.8 Å². The number of nitrogens with zero attached hydrogens (tertiary/aromatic N) is 2. The van der Waals surface area contributed by atoms with E-state index in [1.165, 1.54) is 0 Å². The van der Waals surface area contributed by atoms with Crippen LogP contribution >= 0.6 is 0 Å². The molecule has 0 aromatic rings. The highest BCUT2D eigenvalue weighted by Crippen LogP contribution is 2.13. The van der Waals surface area contributed by atoms with Gasteiger partial charge in [-0.1, -0.05) is 0 Å². The predicted molar refractivity (Wildman–Crippen MR) is 66.0 cm³/mol. The van der Waals surface area contributed by atoms with Gasteiger partial charge in [-0.3, -0.25) is 9.59 Å². The standard InChI is InChI=1S/C12H21N3O3/c1-14-4-3-5-15(8-11(14)16)12(17)10-6-9(18-2)7-13-10/h9-10,13H,3-8H2,1-2H3. The molecule has 2 unspecified atom stereocenters. The minimum absolute atomic E-state index is 0.0159. The molecule has 0 aromatic heterocycles. The monoisotopic (exact) mass is 255 g/mol. The number of hydrogen-bond acceptors (Lipinski definition) is 4. The molecule has 102 valence electrons. The first-order valence-electron chi connectivity index (χ1n) is 6.40. The molecule has 2 aliphatic rings. The Morgan fingerprint density at radius 3 is 2.89 bits per heavy atom. The maximum Gasteiger partial charge on any atom is 0.241 e. The summed E-state index contributed by atoms with van der Waals surface area (Å²) in [6, 6.07) is -0.203. The summed E-state index contributed by atoms with van der Waals surface area (Å²) >= 11 is 0. The summed E-state index contributed by atoms with van der Waals surface area (Å²) in [6.07, 6.45) is 1.63. The summed E-state index contributed by atoms with van der Waals surface area (Å²) in [6.45, 7) is 2.28. The quantitative estimate of drug-likeness (QED) is 0.691. The van der Waals surface area contributed by atoms with E-state index in [0.717, 1.165) is 13.0 Å². The highest BCUT2D eigenvalue weighted by molar-refractivity contribution is 5.88. The van der Waals surface area contributed by atoms with Gasteiger partial charge in [0.25, 0.3) is 0 Å². The summed E-state index contributed by atoms with van der Waals surface area (Å²) in [7, 11) is 3.44. The van der Waals surface area contributed by atoms with Gasteiger partial charge in [-0.05, 0) is 12.8 Å². The second kappa shape index (κ2) is 5.67. The zero-order valence-corrected chi connectivity index (χ0v) is 11.0. The van der Waals surface area contributed by atoms with Crippen molar-refractivity contribution < 1.29 is 14.3 Å². The maximum atomic E-state index is 12.3. The lowest BCUT2D eigenvalue weighted by Crippen LogP contribution is -2.46. The van der Waals surface area contributed by atoms with E-state index in [2.05, 4.69) is 5.32 Å². The average Bonchev–Trinajstić information content (AvgIpc) is 2.78. The lowest BCUT2D eigenvalue weighted by molar-refractivity contribution is -0.139. The Morgan fingerprint density at radius 2 is 2.22 bits per heavy atom. The van der Waals surface area contributed by atoms with Gasteiger partial charge in [0.1, 0.15) is 0 Å². The van der Waals surface area contributed by atoms with Crippen LogP contribution in [0.15, 0.2) is 0 Å². The molecular formula is C12H21N3O3. The SMILES string of the molecule is COC1CNC(C(=O)N2CCCN(C)C(=O)C2)C1. The number of likely N-dealkylation sites (N-methyl/N-ethyl adjacent to an activating group) is 1. The van der Waals surface area contributed by atoms with Gasteiger partial charge >= 0.3 is 0 Å². The summed E-state index contributed by atoms with van der Waals surface area (Å²) < 4.78 is 5.23. The molecule has 2 amide bonds. The Bertz CT molecular complexity index is 335. The molecule has 0 saturated carbocycles. The molecule has 2 rings (SSSR count). The largest absolute Gasteiger partial charge is 0.380 e. The topological polar surface area (TPSA) is 61.9 Å². The van der Waals surface area contributed by atoms with Crippen LogP contribution in [0.4, 0.5) is 0 Å². The Kier molecular flexibility index (Phi) is 4.19. The minimum atomic E-state index is -0.203. The minimum Gasteiger partial charge on any atom is -0.380 e. The van der Waals surface area contributed by atoms with E-state index in [9.17, 15) is 9.59 Å². The Hall–Kier alpha value is -1.14. The van der Waals surface area contributed by atoms with Crippen LogP contribution in [0.2, 0.25) is 0 Å². The molecule has 1 N–H and O–H groups in total. The van der Waals surface area contributed by atoms with Crippen molar-refractivity contribution >= 4 is 11.8 Å². The van der Waals surface area contributed by atoms with Crippen LogP contribution in [0.3, 0.4) is 0 Å². The average molecular weight is 255 g/mol. The number of hydrogen-bond donors (Lipinski definition) is 1. The van der Waals surface area contributed by atoms with Gasteiger partial charge < -0.3 is 19.9 Å². The normalized spacial score (nSPS) is 29.6. The van der Waals surface area contributed by atoms with E-state index >= 15 is 0 Å². The molecule has 18 heavy (non-hydrogen) atoms. The molecule has 0 aromatic carbocycles. The Labute approximate surface area is 107 Å². The number of rotatable bonds is 2. The van der Waals surface area contributed by atoms with Crippen LogP contribution in [-0.2, 0) is 14.3 Å². The van der Waals surface area contributed by atoms with E-state index in [0.29, 0.717) is 19.5 Å². The molecule has 0 spiro atoms. The van der Waals surface area contributed by atoms with E-state index in [1.807, 2.05) is 0 Å². The fourth-order valence-corrected chi connectivity index (χ4v) is 2.47. The third-order valence-electron chi connectivity index (χ3n) is 3.71. The molecule has 0 aliphatic carbocycles. The van der Waals surface area contributed by atoms with Crippen molar-refractivity contribution in [3.63, 3.8) is 0 Å². The van der Waals surface area contributed by atoms with E-state index < -0.39 is 0 Å². The molecule has 2 aliphatic heterocycles. The van der Waals surface area contributed by atoms with Crippen molar-refractivity contribution in [2.75, 3.05) is 40.3 Å². The van der Waals surface area contributed by atoms with E-state index in [-0.39, 0.29) is 30.5 Å². The smallest absolute Gasteiger partial charge is 0.241 e. The molecule has 0 bridgehead atoms. The first-order valence-corrected chi connectivity index (χ1v) is 6.40. The van der Waals surface area contributed by atoms with Crippen LogP contribution in [0.25, 0.3) is 0 Å². The van der Waals surface area contributed by atoms with Gasteiger partial charge in [-0.15, -0.1) is 0 Å². The highest BCUT2D eigenvalue weighted by atomic mass is 16.5. The molecule has 2 atom stereocenters. The highest BCUT2D eigenvalue weighted by Gasteiger charge is 2.33. The van der Waals surface area contributed by atoms with Crippen LogP contribution in [-0.4, -0.2) is 74.1 Å². The van der Waals surface area contributed by atoms with Crippen LogP contribution in [0, 0.1) is 0 Å². The molecule has 6 heteroatoms.